The van der Waals surface area contributed by atoms with E-state index in [2.05, 4.69) is 10.4 Å². The molecule has 1 aromatic carbocycles. The summed E-state index contributed by atoms with van der Waals surface area (Å²) in [4.78, 5) is 13.9. The zero-order valence-corrected chi connectivity index (χ0v) is 14.9. The van der Waals surface area contributed by atoms with E-state index in [1.54, 1.807) is 23.9 Å². The third-order valence-electron chi connectivity index (χ3n) is 3.65. The van der Waals surface area contributed by atoms with Gasteiger partial charge in [0.1, 0.15) is 11.4 Å². The van der Waals surface area contributed by atoms with Crippen LogP contribution in [0.25, 0.3) is 10.2 Å². The summed E-state index contributed by atoms with van der Waals surface area (Å²) in [6.07, 6.45) is 0. The number of nitrogens with zero attached hydrogens (tertiary/aromatic N) is 2. The first-order chi connectivity index (χ1) is 12.0. The monoisotopic (exact) mass is 363 g/mol. The van der Waals surface area contributed by atoms with Crippen LogP contribution in [0.4, 0.5) is 10.1 Å². The average Bonchev–Trinajstić information content (AvgIpc) is 3.12. The Labute approximate surface area is 148 Å². The Kier molecular flexibility index (Phi) is 5.00. The molecule has 25 heavy (non-hydrogen) atoms. The normalized spacial score (nSPS) is 11.0. The number of aromatic nitrogens is 2. The fourth-order valence-electron chi connectivity index (χ4n) is 2.44. The zero-order valence-electron chi connectivity index (χ0n) is 14.1. The molecule has 1 amide bonds. The average molecular weight is 363 g/mol. The van der Waals surface area contributed by atoms with Gasteiger partial charge in [-0.1, -0.05) is 0 Å². The maximum absolute atomic E-state index is 14.0. The molecular formula is C17H18FN3O3S. The number of anilines is 1. The third-order valence-corrected chi connectivity index (χ3v) is 4.86. The van der Waals surface area contributed by atoms with Crippen molar-refractivity contribution in [2.24, 2.45) is 7.05 Å². The molecular weight excluding hydrogens is 345 g/mol. The predicted molar refractivity (Wildman–Crippen MR) is 95.1 cm³/mol. The molecule has 2 heterocycles. The van der Waals surface area contributed by atoms with Gasteiger partial charge >= 0.3 is 0 Å². The van der Waals surface area contributed by atoms with Crippen LogP contribution in [0.3, 0.4) is 0 Å². The van der Waals surface area contributed by atoms with Gasteiger partial charge in [0.25, 0.3) is 5.91 Å². The van der Waals surface area contributed by atoms with E-state index in [-0.39, 0.29) is 18.3 Å². The van der Waals surface area contributed by atoms with Gasteiger partial charge < -0.3 is 14.8 Å². The molecule has 0 atom stereocenters. The molecule has 0 saturated carbocycles. The highest BCUT2D eigenvalue weighted by molar-refractivity contribution is 7.20. The maximum atomic E-state index is 14.0. The van der Waals surface area contributed by atoms with E-state index in [0.29, 0.717) is 17.2 Å². The summed E-state index contributed by atoms with van der Waals surface area (Å²) >= 11 is 1.35. The van der Waals surface area contributed by atoms with Gasteiger partial charge in [-0.15, -0.1) is 11.3 Å². The number of hydrogen-bond acceptors (Lipinski definition) is 5. The van der Waals surface area contributed by atoms with Crippen molar-refractivity contribution < 1.29 is 18.7 Å². The Morgan fingerprint density at radius 2 is 2.16 bits per heavy atom. The van der Waals surface area contributed by atoms with Gasteiger partial charge in [-0.25, -0.2) is 4.39 Å². The van der Waals surface area contributed by atoms with Crippen LogP contribution in [0.15, 0.2) is 24.3 Å². The Bertz CT molecular complexity index is 885. The van der Waals surface area contributed by atoms with E-state index in [0.717, 1.165) is 15.9 Å². The van der Waals surface area contributed by atoms with E-state index in [4.69, 9.17) is 9.47 Å². The van der Waals surface area contributed by atoms with E-state index >= 15 is 0 Å². The number of aryl methyl sites for hydroxylation is 2. The summed E-state index contributed by atoms with van der Waals surface area (Å²) < 4.78 is 25.9. The van der Waals surface area contributed by atoms with Crippen molar-refractivity contribution >= 4 is 33.1 Å². The second-order valence-electron chi connectivity index (χ2n) is 5.48. The lowest BCUT2D eigenvalue weighted by atomic mass is 10.2. The molecule has 0 aliphatic carbocycles. The SMILES string of the molecule is COCCOc1ccc(NC(=O)c2cc3c(C)nn(C)c3s2)cc1F. The van der Waals surface area contributed by atoms with Crippen LogP contribution in [0.1, 0.15) is 15.4 Å². The van der Waals surface area contributed by atoms with Crippen molar-refractivity contribution in [3.63, 3.8) is 0 Å². The molecule has 3 rings (SSSR count). The smallest absolute Gasteiger partial charge is 0.265 e. The molecule has 1 N–H and O–H groups in total. The lowest BCUT2D eigenvalue weighted by Gasteiger charge is -2.09. The van der Waals surface area contributed by atoms with Crippen molar-refractivity contribution in [1.82, 2.24) is 9.78 Å². The fourth-order valence-corrected chi connectivity index (χ4v) is 3.46. The standard InChI is InChI=1S/C17H18FN3O3S/c1-10-12-9-15(25-17(12)21(2)20-10)16(22)19-11-4-5-14(13(18)8-11)24-7-6-23-3/h4-5,8-9H,6-7H2,1-3H3,(H,19,22). The van der Waals surface area contributed by atoms with Gasteiger partial charge in [0, 0.05) is 31.3 Å². The number of nitrogens with one attached hydrogen (secondary N) is 1. The van der Waals surface area contributed by atoms with Gasteiger partial charge in [0.05, 0.1) is 17.2 Å². The molecule has 0 unspecified atom stereocenters. The molecule has 0 fully saturated rings. The number of fused-ring (bicyclic) bond motifs is 1. The van der Waals surface area contributed by atoms with Gasteiger partial charge in [-0.3, -0.25) is 9.48 Å². The highest BCUT2D eigenvalue weighted by Gasteiger charge is 2.16. The number of benzene rings is 1. The van der Waals surface area contributed by atoms with Crippen molar-refractivity contribution in [3.05, 3.63) is 40.7 Å². The molecule has 132 valence electrons. The first-order valence-corrected chi connectivity index (χ1v) is 8.47. The highest BCUT2D eigenvalue weighted by Crippen LogP contribution is 2.28. The van der Waals surface area contributed by atoms with Crippen LogP contribution < -0.4 is 10.1 Å². The van der Waals surface area contributed by atoms with Gasteiger partial charge in [-0.05, 0) is 25.1 Å². The number of halogens is 1. The second-order valence-corrected chi connectivity index (χ2v) is 6.51. The summed E-state index contributed by atoms with van der Waals surface area (Å²) in [6.45, 7) is 2.53. The van der Waals surface area contributed by atoms with Crippen LogP contribution in [-0.4, -0.2) is 36.0 Å². The number of methoxy groups -OCH3 is 1. The molecule has 0 aliphatic heterocycles. The minimum Gasteiger partial charge on any atom is -0.488 e. The minimum absolute atomic E-state index is 0.124. The number of ether oxygens (including phenoxy) is 2. The minimum atomic E-state index is -0.537. The van der Waals surface area contributed by atoms with Gasteiger partial charge in [0.2, 0.25) is 0 Å². The Hall–Kier alpha value is -2.45. The molecule has 3 aromatic rings. The van der Waals surface area contributed by atoms with Crippen LogP contribution in [0.2, 0.25) is 0 Å². The van der Waals surface area contributed by atoms with E-state index in [1.165, 1.54) is 23.5 Å². The Balaban J connectivity index is 1.73. The number of hydrogen-bond donors (Lipinski definition) is 1. The lowest BCUT2D eigenvalue weighted by Crippen LogP contribution is -2.11. The van der Waals surface area contributed by atoms with E-state index in [9.17, 15) is 9.18 Å². The molecule has 2 aromatic heterocycles. The second kappa shape index (κ2) is 7.20. The van der Waals surface area contributed by atoms with Crippen LogP contribution in [0.5, 0.6) is 5.75 Å². The molecule has 6 nitrogen and oxygen atoms in total. The molecule has 0 spiro atoms. The van der Waals surface area contributed by atoms with Gasteiger partial charge in [0.15, 0.2) is 11.6 Å². The third kappa shape index (κ3) is 3.64. The summed E-state index contributed by atoms with van der Waals surface area (Å²) in [5.74, 6) is -0.697. The first-order valence-electron chi connectivity index (χ1n) is 7.65. The fraction of sp³-hybridized carbons (Fsp3) is 0.294. The van der Waals surface area contributed by atoms with Crippen molar-refractivity contribution in [1.29, 1.82) is 0 Å². The molecule has 0 radical (unpaired) electrons. The highest BCUT2D eigenvalue weighted by atomic mass is 32.1. The maximum Gasteiger partial charge on any atom is 0.265 e. The molecule has 0 aliphatic rings. The van der Waals surface area contributed by atoms with E-state index < -0.39 is 5.82 Å². The topological polar surface area (TPSA) is 65.4 Å². The van der Waals surface area contributed by atoms with Crippen molar-refractivity contribution in [3.8, 4) is 5.75 Å². The quantitative estimate of drug-likeness (QED) is 0.682. The zero-order chi connectivity index (χ0) is 18.0. The summed E-state index contributed by atoms with van der Waals surface area (Å²) in [5.41, 5.74) is 1.24. The summed E-state index contributed by atoms with van der Waals surface area (Å²) in [5, 5.41) is 7.96. The van der Waals surface area contributed by atoms with Gasteiger partial charge in [-0.2, -0.15) is 5.10 Å². The first kappa shape index (κ1) is 17.4. The number of carbonyl (C=O) groups is 1. The Morgan fingerprint density at radius 3 is 2.84 bits per heavy atom. The molecule has 0 saturated heterocycles. The Morgan fingerprint density at radius 1 is 1.36 bits per heavy atom. The molecule has 8 heteroatoms. The van der Waals surface area contributed by atoms with Crippen LogP contribution in [-0.2, 0) is 11.8 Å². The van der Waals surface area contributed by atoms with E-state index in [1.807, 2.05) is 14.0 Å². The number of thiophene rings is 1. The van der Waals surface area contributed by atoms with Crippen molar-refractivity contribution in [2.75, 3.05) is 25.6 Å². The summed E-state index contributed by atoms with van der Waals surface area (Å²) in [7, 11) is 3.38. The number of amides is 1. The summed E-state index contributed by atoms with van der Waals surface area (Å²) in [6, 6.07) is 6.12. The lowest BCUT2D eigenvalue weighted by molar-refractivity contribution is 0.103. The van der Waals surface area contributed by atoms with Crippen LogP contribution in [0, 0.1) is 12.7 Å². The largest absolute Gasteiger partial charge is 0.488 e. The molecule has 0 bridgehead atoms. The number of rotatable bonds is 6. The predicted octanol–water partition coefficient (Wildman–Crippen LogP) is 3.36. The van der Waals surface area contributed by atoms with Crippen LogP contribution >= 0.6 is 11.3 Å². The van der Waals surface area contributed by atoms with Crippen molar-refractivity contribution in [2.45, 2.75) is 6.92 Å². The number of carbonyl (C=O) groups excluding carboxylic acids is 1.